The molecule has 0 bridgehead atoms. The molecule has 1 fully saturated rings. The summed E-state index contributed by atoms with van der Waals surface area (Å²) in [7, 11) is 0. The number of piperidine rings is 1. The molecule has 1 N–H and O–H groups in total. The molecule has 0 radical (unpaired) electrons. The van der Waals surface area contributed by atoms with Crippen molar-refractivity contribution in [1.29, 1.82) is 0 Å². The molecule has 0 aromatic carbocycles. The standard InChI is InChI=1S/C17H24N4O2S/c1-11(2)15-14(12(3)20-23-15)16(22)19-17-18-13(10-24-17)9-21-7-5-4-6-8-21/h10-11H,4-9H2,1-3H3,(H,18,19,22). The third-order valence-electron chi connectivity index (χ3n) is 4.25. The van der Waals surface area contributed by atoms with Crippen LogP contribution in [0.4, 0.5) is 5.13 Å². The van der Waals surface area contributed by atoms with Crippen LogP contribution in [0.25, 0.3) is 0 Å². The molecule has 3 rings (SSSR count). The molecule has 130 valence electrons. The third-order valence-corrected chi connectivity index (χ3v) is 5.05. The van der Waals surface area contributed by atoms with Crippen LogP contribution in [-0.2, 0) is 6.54 Å². The smallest absolute Gasteiger partial charge is 0.262 e. The van der Waals surface area contributed by atoms with Gasteiger partial charge in [0.2, 0.25) is 0 Å². The molecule has 24 heavy (non-hydrogen) atoms. The van der Waals surface area contributed by atoms with Crippen LogP contribution >= 0.6 is 11.3 Å². The van der Waals surface area contributed by atoms with Crippen LogP contribution in [0.5, 0.6) is 0 Å². The zero-order valence-corrected chi connectivity index (χ0v) is 15.3. The lowest BCUT2D eigenvalue weighted by Gasteiger charge is -2.25. The predicted molar refractivity (Wildman–Crippen MR) is 94.5 cm³/mol. The van der Waals surface area contributed by atoms with Gasteiger partial charge in [0.15, 0.2) is 10.9 Å². The topological polar surface area (TPSA) is 71.3 Å². The molecule has 0 aliphatic carbocycles. The number of aryl methyl sites for hydroxylation is 1. The van der Waals surface area contributed by atoms with Gasteiger partial charge in [-0.3, -0.25) is 15.0 Å². The second-order valence-corrected chi connectivity index (χ2v) is 7.45. The van der Waals surface area contributed by atoms with Crippen molar-refractivity contribution in [2.75, 3.05) is 18.4 Å². The van der Waals surface area contributed by atoms with Gasteiger partial charge >= 0.3 is 0 Å². The SMILES string of the molecule is Cc1noc(C(C)C)c1C(=O)Nc1nc(CN2CCCCC2)cs1. The van der Waals surface area contributed by atoms with Crippen LogP contribution in [0.15, 0.2) is 9.90 Å². The van der Waals surface area contributed by atoms with Gasteiger partial charge in [0.1, 0.15) is 5.56 Å². The Labute approximate surface area is 146 Å². The summed E-state index contributed by atoms with van der Waals surface area (Å²) in [6.45, 7) is 8.88. The largest absolute Gasteiger partial charge is 0.360 e. The van der Waals surface area contributed by atoms with Crippen LogP contribution < -0.4 is 5.32 Å². The quantitative estimate of drug-likeness (QED) is 0.890. The van der Waals surface area contributed by atoms with Crippen molar-refractivity contribution in [2.24, 2.45) is 0 Å². The average Bonchev–Trinajstić information content (AvgIpc) is 3.15. The van der Waals surface area contributed by atoms with Crippen LogP contribution in [0.2, 0.25) is 0 Å². The minimum atomic E-state index is -0.198. The van der Waals surface area contributed by atoms with Gasteiger partial charge < -0.3 is 4.52 Å². The highest BCUT2D eigenvalue weighted by Gasteiger charge is 2.23. The van der Waals surface area contributed by atoms with E-state index < -0.39 is 0 Å². The molecule has 0 unspecified atom stereocenters. The summed E-state index contributed by atoms with van der Waals surface area (Å²) in [6, 6.07) is 0. The lowest BCUT2D eigenvalue weighted by Crippen LogP contribution is -2.29. The van der Waals surface area contributed by atoms with E-state index in [0.29, 0.717) is 22.1 Å². The number of nitrogens with zero attached hydrogens (tertiary/aromatic N) is 3. The fourth-order valence-electron chi connectivity index (χ4n) is 3.00. The molecule has 7 heteroatoms. The number of aromatic nitrogens is 2. The van der Waals surface area contributed by atoms with E-state index in [1.807, 2.05) is 19.2 Å². The van der Waals surface area contributed by atoms with Crippen molar-refractivity contribution < 1.29 is 9.32 Å². The van der Waals surface area contributed by atoms with Crippen molar-refractivity contribution >= 4 is 22.4 Å². The second kappa shape index (κ2) is 7.44. The number of hydrogen-bond acceptors (Lipinski definition) is 6. The molecule has 3 heterocycles. The van der Waals surface area contributed by atoms with Gasteiger partial charge in [-0.05, 0) is 32.9 Å². The Morgan fingerprint density at radius 3 is 2.83 bits per heavy atom. The van der Waals surface area contributed by atoms with Crippen LogP contribution in [0, 0.1) is 6.92 Å². The normalized spacial score (nSPS) is 15.8. The molecule has 0 saturated carbocycles. The lowest BCUT2D eigenvalue weighted by molar-refractivity contribution is 0.102. The van der Waals surface area contributed by atoms with E-state index in [1.165, 1.54) is 30.6 Å². The molecular formula is C17H24N4O2S. The van der Waals surface area contributed by atoms with Crippen molar-refractivity contribution in [3.63, 3.8) is 0 Å². The van der Waals surface area contributed by atoms with E-state index in [0.717, 1.165) is 25.3 Å². The summed E-state index contributed by atoms with van der Waals surface area (Å²) in [5.41, 5.74) is 2.16. The lowest BCUT2D eigenvalue weighted by atomic mass is 10.0. The summed E-state index contributed by atoms with van der Waals surface area (Å²) in [5.74, 6) is 0.532. The fourth-order valence-corrected chi connectivity index (χ4v) is 3.70. The van der Waals surface area contributed by atoms with Gasteiger partial charge in [-0.25, -0.2) is 4.98 Å². The van der Waals surface area contributed by atoms with Gasteiger partial charge in [0, 0.05) is 17.8 Å². The van der Waals surface area contributed by atoms with Crippen molar-refractivity contribution in [2.45, 2.75) is 52.5 Å². The van der Waals surface area contributed by atoms with Gasteiger partial charge in [0.25, 0.3) is 5.91 Å². The summed E-state index contributed by atoms with van der Waals surface area (Å²) in [6.07, 6.45) is 3.85. The highest BCUT2D eigenvalue weighted by Crippen LogP contribution is 2.24. The number of thiazole rings is 1. The summed E-state index contributed by atoms with van der Waals surface area (Å²) < 4.78 is 5.29. The van der Waals surface area contributed by atoms with Crippen LogP contribution in [0.1, 0.15) is 66.5 Å². The molecule has 2 aromatic heterocycles. The summed E-state index contributed by atoms with van der Waals surface area (Å²) >= 11 is 1.46. The molecule has 1 aliphatic rings. The Morgan fingerprint density at radius 2 is 2.12 bits per heavy atom. The molecular weight excluding hydrogens is 324 g/mol. The molecule has 0 atom stereocenters. The Morgan fingerprint density at radius 1 is 1.38 bits per heavy atom. The summed E-state index contributed by atoms with van der Waals surface area (Å²) in [4.78, 5) is 19.5. The van der Waals surface area contributed by atoms with Crippen molar-refractivity contribution in [3.8, 4) is 0 Å². The van der Waals surface area contributed by atoms with Crippen molar-refractivity contribution in [1.82, 2.24) is 15.0 Å². The van der Waals surface area contributed by atoms with Gasteiger partial charge in [-0.1, -0.05) is 25.4 Å². The van der Waals surface area contributed by atoms with Crippen LogP contribution in [-0.4, -0.2) is 34.0 Å². The molecule has 1 aliphatic heterocycles. The Kier molecular flexibility index (Phi) is 5.30. The monoisotopic (exact) mass is 348 g/mol. The molecule has 1 amide bonds. The van der Waals surface area contributed by atoms with E-state index in [1.54, 1.807) is 6.92 Å². The first-order valence-corrected chi connectivity index (χ1v) is 9.37. The zero-order valence-electron chi connectivity index (χ0n) is 14.5. The zero-order chi connectivity index (χ0) is 17.1. The van der Waals surface area contributed by atoms with Gasteiger partial charge in [-0.2, -0.15) is 0 Å². The second-order valence-electron chi connectivity index (χ2n) is 6.60. The molecule has 0 spiro atoms. The number of carbonyl (C=O) groups excluding carboxylic acids is 1. The van der Waals surface area contributed by atoms with Crippen LogP contribution in [0.3, 0.4) is 0 Å². The number of rotatable bonds is 5. The van der Waals surface area contributed by atoms with Crippen molar-refractivity contribution in [3.05, 3.63) is 28.1 Å². The number of hydrogen-bond donors (Lipinski definition) is 1. The third kappa shape index (κ3) is 3.84. The van der Waals surface area contributed by atoms with Gasteiger partial charge in [0.05, 0.1) is 11.4 Å². The molecule has 6 nitrogen and oxygen atoms in total. The minimum absolute atomic E-state index is 0.109. The molecule has 2 aromatic rings. The number of carbonyl (C=O) groups is 1. The van der Waals surface area contributed by atoms with Gasteiger partial charge in [-0.15, -0.1) is 11.3 Å². The first-order chi connectivity index (χ1) is 11.5. The minimum Gasteiger partial charge on any atom is -0.360 e. The van der Waals surface area contributed by atoms with E-state index in [-0.39, 0.29) is 11.8 Å². The Balaban J connectivity index is 1.66. The first kappa shape index (κ1) is 17.1. The highest BCUT2D eigenvalue weighted by molar-refractivity contribution is 7.14. The van der Waals surface area contributed by atoms with E-state index in [9.17, 15) is 4.79 Å². The Hall–Kier alpha value is -1.73. The van der Waals surface area contributed by atoms with E-state index >= 15 is 0 Å². The number of nitrogens with one attached hydrogen (secondary N) is 1. The van der Waals surface area contributed by atoms with E-state index in [4.69, 9.17) is 4.52 Å². The fraction of sp³-hybridized carbons (Fsp3) is 0.588. The first-order valence-electron chi connectivity index (χ1n) is 8.49. The van der Waals surface area contributed by atoms with E-state index in [2.05, 4.69) is 20.4 Å². The highest BCUT2D eigenvalue weighted by atomic mass is 32.1. The molecule has 1 saturated heterocycles. The number of likely N-dealkylation sites (tertiary alicyclic amines) is 1. The predicted octanol–water partition coefficient (Wildman–Crippen LogP) is 3.80. The number of anilines is 1. The maximum absolute atomic E-state index is 12.6. The summed E-state index contributed by atoms with van der Waals surface area (Å²) in [5, 5.41) is 9.46. The maximum atomic E-state index is 12.6. The average molecular weight is 348 g/mol. The Bertz CT molecular complexity index is 701. The number of amides is 1. The maximum Gasteiger partial charge on any atom is 0.262 e.